The van der Waals surface area contributed by atoms with Crippen LogP contribution >= 0.6 is 34.9 Å². The van der Waals surface area contributed by atoms with Gasteiger partial charge >= 0.3 is 5.97 Å². The third-order valence-electron chi connectivity index (χ3n) is 2.21. The van der Waals surface area contributed by atoms with Gasteiger partial charge < -0.3 is 4.84 Å². The molecule has 0 radical (unpaired) electrons. The molecule has 0 spiro atoms. The van der Waals surface area contributed by atoms with Crippen molar-refractivity contribution in [2.75, 3.05) is 11.5 Å². The molecule has 0 atom stereocenters. The second-order valence-electron chi connectivity index (χ2n) is 3.19. The molecule has 82 valence electrons. The second kappa shape index (κ2) is 4.27. The lowest BCUT2D eigenvalue weighted by molar-refractivity contribution is -0.136. The Morgan fingerprint density at radius 1 is 1.31 bits per heavy atom. The van der Waals surface area contributed by atoms with E-state index in [9.17, 15) is 4.79 Å². The van der Waals surface area contributed by atoms with Crippen LogP contribution in [0.15, 0.2) is 31.8 Å². The van der Waals surface area contributed by atoms with Gasteiger partial charge in [-0.15, -0.1) is 23.5 Å². The average molecular weight is 269 g/mol. The van der Waals surface area contributed by atoms with Gasteiger partial charge in [-0.1, -0.05) is 5.16 Å². The van der Waals surface area contributed by atoms with Crippen LogP contribution in [0.4, 0.5) is 0 Å². The zero-order chi connectivity index (χ0) is 11.0. The molecule has 3 rings (SSSR count). The highest BCUT2D eigenvalue weighted by Crippen LogP contribution is 2.41. The van der Waals surface area contributed by atoms with Crippen molar-refractivity contribution in [3.8, 4) is 0 Å². The summed E-state index contributed by atoms with van der Waals surface area (Å²) in [6, 6.07) is 1.95. The predicted molar refractivity (Wildman–Crippen MR) is 68.9 cm³/mol. The maximum Gasteiger partial charge on any atom is 0.369 e. The van der Waals surface area contributed by atoms with Gasteiger partial charge in [-0.2, -0.15) is 11.3 Å². The summed E-state index contributed by atoms with van der Waals surface area (Å²) in [6.45, 7) is 0. The molecule has 3 heterocycles. The smallest absolute Gasteiger partial charge is 0.312 e. The van der Waals surface area contributed by atoms with E-state index in [1.165, 1.54) is 0 Å². The van der Waals surface area contributed by atoms with Crippen LogP contribution in [-0.4, -0.2) is 23.2 Å². The molecule has 0 unspecified atom stereocenters. The Kier molecular flexibility index (Phi) is 2.79. The van der Waals surface area contributed by atoms with Crippen LogP contribution in [0.3, 0.4) is 0 Å². The topological polar surface area (TPSA) is 38.7 Å². The molecule has 6 heteroatoms. The van der Waals surface area contributed by atoms with Gasteiger partial charge in [0, 0.05) is 22.4 Å². The Labute approximate surface area is 105 Å². The molecular weight excluding hydrogens is 262 g/mol. The molecule has 2 aliphatic rings. The number of hydrogen-bond acceptors (Lipinski definition) is 6. The number of thioether (sulfide) groups is 2. The average Bonchev–Trinajstić information content (AvgIpc) is 2.96. The van der Waals surface area contributed by atoms with Crippen LogP contribution in [0.25, 0.3) is 0 Å². The van der Waals surface area contributed by atoms with Gasteiger partial charge in [0.05, 0.1) is 4.24 Å². The van der Waals surface area contributed by atoms with E-state index < -0.39 is 0 Å². The summed E-state index contributed by atoms with van der Waals surface area (Å²) in [5.74, 6) is 1.78. The van der Waals surface area contributed by atoms with Gasteiger partial charge in [0.2, 0.25) is 0 Å². The third kappa shape index (κ3) is 1.70. The summed E-state index contributed by atoms with van der Waals surface area (Å²) in [4.78, 5) is 16.4. The number of hydrogen-bond donors (Lipinski definition) is 0. The highest BCUT2D eigenvalue weighted by atomic mass is 32.2. The third-order valence-corrected chi connectivity index (χ3v) is 5.61. The van der Waals surface area contributed by atoms with E-state index in [1.54, 1.807) is 34.9 Å². The van der Waals surface area contributed by atoms with E-state index in [1.807, 2.05) is 16.8 Å². The van der Waals surface area contributed by atoms with Crippen LogP contribution in [0.2, 0.25) is 0 Å². The van der Waals surface area contributed by atoms with Crippen molar-refractivity contribution in [1.29, 1.82) is 0 Å². The van der Waals surface area contributed by atoms with E-state index in [2.05, 4.69) is 5.16 Å². The number of carbonyl (C=O) groups is 1. The molecule has 0 amide bonds. The van der Waals surface area contributed by atoms with Crippen molar-refractivity contribution in [2.24, 2.45) is 5.16 Å². The standard InChI is InChI=1S/C10H7NO2S3/c12-9-7(10-15-3-4-16-10)8(11-13-9)6-1-2-14-5-6/h1-2,5H,3-4H2. The van der Waals surface area contributed by atoms with Crippen LogP contribution in [0, 0.1) is 0 Å². The molecule has 0 aliphatic carbocycles. The summed E-state index contributed by atoms with van der Waals surface area (Å²) in [7, 11) is 0. The van der Waals surface area contributed by atoms with Crippen molar-refractivity contribution in [1.82, 2.24) is 0 Å². The predicted octanol–water partition coefficient (Wildman–Crippen LogP) is 2.70. The fourth-order valence-electron chi connectivity index (χ4n) is 1.51. The van der Waals surface area contributed by atoms with Gasteiger partial charge in [-0.3, -0.25) is 0 Å². The zero-order valence-electron chi connectivity index (χ0n) is 8.13. The molecular formula is C10H7NO2S3. The lowest BCUT2D eigenvalue weighted by Crippen LogP contribution is -2.07. The van der Waals surface area contributed by atoms with E-state index in [0.29, 0.717) is 11.3 Å². The Bertz CT molecular complexity index is 482. The van der Waals surface area contributed by atoms with Crippen molar-refractivity contribution >= 4 is 46.5 Å². The van der Waals surface area contributed by atoms with Crippen LogP contribution in [-0.2, 0) is 9.63 Å². The molecule has 2 aliphatic heterocycles. The number of thiophene rings is 1. The quantitative estimate of drug-likeness (QED) is 0.580. The van der Waals surface area contributed by atoms with Gasteiger partial charge in [0.1, 0.15) is 11.3 Å². The minimum atomic E-state index is -0.321. The van der Waals surface area contributed by atoms with Crippen LogP contribution in [0.1, 0.15) is 5.56 Å². The molecule has 3 nitrogen and oxygen atoms in total. The van der Waals surface area contributed by atoms with Crippen molar-refractivity contribution in [3.05, 3.63) is 32.2 Å². The maximum absolute atomic E-state index is 11.6. The molecule has 16 heavy (non-hydrogen) atoms. The van der Waals surface area contributed by atoms with Crippen LogP contribution < -0.4 is 0 Å². The lowest BCUT2D eigenvalue weighted by Gasteiger charge is -2.00. The lowest BCUT2D eigenvalue weighted by atomic mass is 10.1. The minimum absolute atomic E-state index is 0.321. The highest BCUT2D eigenvalue weighted by Gasteiger charge is 2.32. The Hall–Kier alpha value is -0.720. The molecule has 0 aromatic carbocycles. The number of nitrogens with zero attached hydrogens (tertiary/aromatic N) is 1. The SMILES string of the molecule is O=C1ON=C(c2ccsc2)C1=C1SCCS1. The summed E-state index contributed by atoms with van der Waals surface area (Å²) in [5, 5.41) is 7.82. The van der Waals surface area contributed by atoms with Crippen molar-refractivity contribution in [3.63, 3.8) is 0 Å². The molecule has 1 aromatic heterocycles. The number of oxime groups is 1. The van der Waals surface area contributed by atoms with Gasteiger partial charge in [0.25, 0.3) is 0 Å². The summed E-state index contributed by atoms with van der Waals surface area (Å²) in [5.41, 5.74) is 2.29. The molecule has 0 saturated carbocycles. The zero-order valence-corrected chi connectivity index (χ0v) is 10.6. The fourth-order valence-corrected chi connectivity index (χ4v) is 4.67. The normalized spacial score (nSPS) is 20.2. The first-order valence-corrected chi connectivity index (χ1v) is 7.60. The monoisotopic (exact) mass is 269 g/mol. The van der Waals surface area contributed by atoms with E-state index in [0.717, 1.165) is 21.3 Å². The highest BCUT2D eigenvalue weighted by molar-refractivity contribution is 8.25. The molecule has 0 bridgehead atoms. The Morgan fingerprint density at radius 2 is 2.12 bits per heavy atom. The minimum Gasteiger partial charge on any atom is -0.312 e. The van der Waals surface area contributed by atoms with Crippen molar-refractivity contribution in [2.45, 2.75) is 0 Å². The Balaban J connectivity index is 2.06. The molecule has 0 N–H and O–H groups in total. The first kappa shape index (κ1) is 10.4. The summed E-state index contributed by atoms with van der Waals surface area (Å²) < 4.78 is 1.05. The second-order valence-corrected chi connectivity index (χ2v) is 6.44. The fraction of sp³-hybridized carbons (Fsp3) is 0.200. The number of rotatable bonds is 1. The van der Waals surface area contributed by atoms with Gasteiger partial charge in [-0.05, 0) is 11.4 Å². The van der Waals surface area contributed by atoms with Gasteiger partial charge in [0.15, 0.2) is 0 Å². The van der Waals surface area contributed by atoms with Gasteiger partial charge in [-0.25, -0.2) is 4.79 Å². The molecule has 1 aromatic rings. The molecule has 1 fully saturated rings. The van der Waals surface area contributed by atoms with Crippen molar-refractivity contribution < 1.29 is 9.63 Å². The number of carbonyl (C=O) groups excluding carboxylic acids is 1. The maximum atomic E-state index is 11.6. The van der Waals surface area contributed by atoms with E-state index in [-0.39, 0.29) is 5.97 Å². The first-order chi connectivity index (χ1) is 7.86. The Morgan fingerprint density at radius 3 is 2.81 bits per heavy atom. The first-order valence-electron chi connectivity index (χ1n) is 4.68. The van der Waals surface area contributed by atoms with E-state index >= 15 is 0 Å². The molecule has 1 saturated heterocycles. The van der Waals surface area contributed by atoms with E-state index in [4.69, 9.17) is 4.84 Å². The summed E-state index contributed by atoms with van der Waals surface area (Å²) in [6.07, 6.45) is 0. The van der Waals surface area contributed by atoms with Crippen LogP contribution in [0.5, 0.6) is 0 Å². The summed E-state index contributed by atoms with van der Waals surface area (Å²) >= 11 is 5.01. The largest absolute Gasteiger partial charge is 0.369 e.